The van der Waals surface area contributed by atoms with E-state index in [2.05, 4.69) is 20.8 Å². The molecule has 6 nitrogen and oxygen atoms in total. The van der Waals surface area contributed by atoms with Gasteiger partial charge in [0.25, 0.3) is 5.91 Å². The molecule has 2 fully saturated rings. The van der Waals surface area contributed by atoms with E-state index in [9.17, 15) is 14.7 Å². The zero-order valence-corrected chi connectivity index (χ0v) is 16.6. The van der Waals surface area contributed by atoms with Crippen LogP contribution in [0.4, 0.5) is 0 Å². The summed E-state index contributed by atoms with van der Waals surface area (Å²) in [6.45, 7) is 4.68. The summed E-state index contributed by atoms with van der Waals surface area (Å²) in [5, 5.41) is 9.95. The molecule has 2 aliphatic heterocycles. The fourth-order valence-corrected chi connectivity index (χ4v) is 3.93. The van der Waals surface area contributed by atoms with Gasteiger partial charge in [-0.15, -0.1) is 0 Å². The topological polar surface area (TPSA) is 64.1 Å². The van der Waals surface area contributed by atoms with E-state index in [0.29, 0.717) is 38.3 Å². The van der Waals surface area contributed by atoms with Gasteiger partial charge in [-0.25, -0.2) is 0 Å². The Labute approximate surface area is 162 Å². The van der Waals surface area contributed by atoms with Crippen LogP contribution >= 0.6 is 15.9 Å². The molecule has 26 heavy (non-hydrogen) atoms. The van der Waals surface area contributed by atoms with Crippen molar-refractivity contribution in [2.45, 2.75) is 25.7 Å². The number of halogens is 1. The third kappa shape index (κ3) is 4.76. The molecule has 3 rings (SSSR count). The maximum absolute atomic E-state index is 12.6. The molecule has 0 aromatic heterocycles. The first-order valence-corrected chi connectivity index (χ1v) is 10.1. The summed E-state index contributed by atoms with van der Waals surface area (Å²) >= 11 is 3.34. The van der Waals surface area contributed by atoms with Crippen LogP contribution in [-0.4, -0.2) is 77.4 Å². The van der Waals surface area contributed by atoms with Gasteiger partial charge in [0.05, 0.1) is 12.1 Å². The summed E-state index contributed by atoms with van der Waals surface area (Å²) in [7, 11) is 0. The van der Waals surface area contributed by atoms with Crippen LogP contribution < -0.4 is 0 Å². The fourth-order valence-electron chi connectivity index (χ4n) is 3.57. The van der Waals surface area contributed by atoms with E-state index in [1.807, 2.05) is 4.90 Å². The van der Waals surface area contributed by atoms with E-state index in [1.54, 1.807) is 17.0 Å². The molecule has 2 amide bonds. The van der Waals surface area contributed by atoms with Crippen molar-refractivity contribution in [2.24, 2.45) is 0 Å². The SMILES string of the molecule is O=C(CN1CCN(C(=O)c2cc(Br)ccc2O)CC1)N1CCCCCC1. The number of piperazine rings is 1. The van der Waals surface area contributed by atoms with Gasteiger partial charge in [0, 0.05) is 43.7 Å². The Balaban J connectivity index is 1.51. The van der Waals surface area contributed by atoms with Gasteiger partial charge in [0.1, 0.15) is 5.75 Å². The lowest BCUT2D eigenvalue weighted by atomic mass is 10.1. The largest absolute Gasteiger partial charge is 0.507 e. The lowest BCUT2D eigenvalue weighted by Crippen LogP contribution is -2.51. The van der Waals surface area contributed by atoms with Crippen LogP contribution in [0.5, 0.6) is 5.75 Å². The Morgan fingerprint density at radius 1 is 0.923 bits per heavy atom. The second-order valence-electron chi connectivity index (χ2n) is 7.02. The number of amides is 2. The summed E-state index contributed by atoms with van der Waals surface area (Å²) in [5.74, 6) is 0.0376. The molecule has 0 radical (unpaired) electrons. The highest BCUT2D eigenvalue weighted by Crippen LogP contribution is 2.23. The number of aromatic hydroxyl groups is 1. The van der Waals surface area contributed by atoms with Crippen molar-refractivity contribution in [1.29, 1.82) is 0 Å². The fraction of sp³-hybridized carbons (Fsp3) is 0.579. The van der Waals surface area contributed by atoms with E-state index in [-0.39, 0.29) is 17.6 Å². The predicted molar refractivity (Wildman–Crippen MR) is 103 cm³/mol. The molecular weight excluding hydrogens is 398 g/mol. The maximum Gasteiger partial charge on any atom is 0.257 e. The van der Waals surface area contributed by atoms with E-state index < -0.39 is 0 Å². The van der Waals surface area contributed by atoms with Crippen molar-refractivity contribution in [3.63, 3.8) is 0 Å². The van der Waals surface area contributed by atoms with Crippen molar-refractivity contribution in [3.8, 4) is 5.75 Å². The number of carbonyl (C=O) groups is 2. The highest BCUT2D eigenvalue weighted by Gasteiger charge is 2.26. The van der Waals surface area contributed by atoms with Crippen LogP contribution in [0.3, 0.4) is 0 Å². The zero-order chi connectivity index (χ0) is 18.5. The second-order valence-corrected chi connectivity index (χ2v) is 7.94. The number of phenols is 1. The molecule has 1 aromatic carbocycles. The van der Waals surface area contributed by atoms with Gasteiger partial charge >= 0.3 is 0 Å². The Hall–Kier alpha value is -1.60. The van der Waals surface area contributed by atoms with Gasteiger partial charge in [-0.3, -0.25) is 14.5 Å². The monoisotopic (exact) mass is 423 g/mol. The average molecular weight is 424 g/mol. The van der Waals surface area contributed by atoms with Crippen molar-refractivity contribution < 1.29 is 14.7 Å². The highest BCUT2D eigenvalue weighted by molar-refractivity contribution is 9.10. The number of likely N-dealkylation sites (tertiary alicyclic amines) is 1. The van der Waals surface area contributed by atoms with Crippen LogP contribution in [0.2, 0.25) is 0 Å². The normalized spacial score (nSPS) is 19.3. The standard InChI is InChI=1S/C19H26BrN3O3/c20-15-5-6-17(24)16(13-15)19(26)23-11-9-21(10-12-23)14-18(25)22-7-3-1-2-4-8-22/h5-6,13,24H,1-4,7-12,14H2. The molecule has 1 N–H and O–H groups in total. The highest BCUT2D eigenvalue weighted by atomic mass is 79.9. The average Bonchev–Trinajstić information content (AvgIpc) is 2.93. The Morgan fingerprint density at radius 2 is 1.58 bits per heavy atom. The number of carbonyl (C=O) groups excluding carboxylic acids is 2. The van der Waals surface area contributed by atoms with Gasteiger partial charge in [0.15, 0.2) is 0 Å². The summed E-state index contributed by atoms with van der Waals surface area (Å²) < 4.78 is 0.764. The molecular formula is C19H26BrN3O3. The molecule has 0 saturated carbocycles. The first kappa shape index (κ1) is 19.2. The lowest BCUT2D eigenvalue weighted by molar-refractivity contribution is -0.132. The van der Waals surface area contributed by atoms with Crippen LogP contribution in [0, 0.1) is 0 Å². The molecule has 0 unspecified atom stereocenters. The quantitative estimate of drug-likeness (QED) is 0.809. The predicted octanol–water partition coefficient (Wildman–Crippen LogP) is 2.32. The molecule has 0 atom stereocenters. The second kappa shape index (κ2) is 8.86. The van der Waals surface area contributed by atoms with Crippen molar-refractivity contribution in [2.75, 3.05) is 45.8 Å². The van der Waals surface area contributed by atoms with E-state index in [1.165, 1.54) is 18.9 Å². The molecule has 0 spiro atoms. The van der Waals surface area contributed by atoms with Gasteiger partial charge < -0.3 is 14.9 Å². The zero-order valence-electron chi connectivity index (χ0n) is 15.0. The third-order valence-electron chi connectivity index (χ3n) is 5.17. The van der Waals surface area contributed by atoms with Gasteiger partial charge in [-0.2, -0.15) is 0 Å². The molecule has 142 valence electrons. The first-order valence-electron chi connectivity index (χ1n) is 9.32. The smallest absolute Gasteiger partial charge is 0.257 e. The molecule has 0 aliphatic carbocycles. The first-order chi connectivity index (χ1) is 12.5. The molecule has 7 heteroatoms. The van der Waals surface area contributed by atoms with E-state index in [4.69, 9.17) is 0 Å². The Morgan fingerprint density at radius 3 is 2.23 bits per heavy atom. The molecule has 1 aromatic rings. The van der Waals surface area contributed by atoms with Crippen LogP contribution in [0.15, 0.2) is 22.7 Å². The third-order valence-corrected chi connectivity index (χ3v) is 5.66. The van der Waals surface area contributed by atoms with Crippen molar-refractivity contribution in [1.82, 2.24) is 14.7 Å². The summed E-state index contributed by atoms with van der Waals surface area (Å²) in [5.41, 5.74) is 0.313. The summed E-state index contributed by atoms with van der Waals surface area (Å²) in [6.07, 6.45) is 4.63. The summed E-state index contributed by atoms with van der Waals surface area (Å²) in [4.78, 5) is 31.0. The number of hydrogen-bond acceptors (Lipinski definition) is 4. The number of nitrogens with zero attached hydrogens (tertiary/aromatic N) is 3. The Kier molecular flexibility index (Phi) is 6.53. The van der Waals surface area contributed by atoms with Crippen molar-refractivity contribution in [3.05, 3.63) is 28.2 Å². The van der Waals surface area contributed by atoms with Crippen LogP contribution in [-0.2, 0) is 4.79 Å². The molecule has 2 heterocycles. The minimum Gasteiger partial charge on any atom is -0.507 e. The van der Waals surface area contributed by atoms with Gasteiger partial charge in [0.2, 0.25) is 5.91 Å². The number of benzene rings is 1. The number of hydrogen-bond donors (Lipinski definition) is 1. The van der Waals surface area contributed by atoms with E-state index in [0.717, 1.165) is 30.4 Å². The summed E-state index contributed by atoms with van der Waals surface area (Å²) in [6, 6.07) is 4.87. The Bertz CT molecular complexity index is 651. The van der Waals surface area contributed by atoms with E-state index >= 15 is 0 Å². The maximum atomic E-state index is 12.6. The van der Waals surface area contributed by atoms with Crippen LogP contribution in [0.25, 0.3) is 0 Å². The minimum absolute atomic E-state index is 0.00280. The molecule has 0 bridgehead atoms. The van der Waals surface area contributed by atoms with Gasteiger partial charge in [-0.1, -0.05) is 28.8 Å². The number of rotatable bonds is 3. The minimum atomic E-state index is -0.165. The van der Waals surface area contributed by atoms with Crippen molar-refractivity contribution >= 4 is 27.7 Å². The number of phenolic OH excluding ortho intramolecular Hbond substituents is 1. The lowest BCUT2D eigenvalue weighted by Gasteiger charge is -2.35. The van der Waals surface area contributed by atoms with Crippen LogP contribution in [0.1, 0.15) is 36.0 Å². The van der Waals surface area contributed by atoms with Gasteiger partial charge in [-0.05, 0) is 31.0 Å². The molecule has 2 aliphatic rings. The molecule has 2 saturated heterocycles.